The molecule has 2 aromatic rings. The molecule has 0 radical (unpaired) electrons. The van der Waals surface area contributed by atoms with E-state index in [9.17, 15) is 14.4 Å². The van der Waals surface area contributed by atoms with Gasteiger partial charge in [-0.2, -0.15) is 0 Å². The highest BCUT2D eigenvalue weighted by Crippen LogP contribution is 2.60. The van der Waals surface area contributed by atoms with Crippen molar-refractivity contribution >= 4 is 29.4 Å². The minimum atomic E-state index is -0.591. The number of nitrogens with zero attached hydrogens (tertiary/aromatic N) is 3. The highest BCUT2D eigenvalue weighted by Gasteiger charge is 2.66. The van der Waals surface area contributed by atoms with Crippen molar-refractivity contribution in [3.8, 4) is 0 Å². The number of benzene rings is 1. The van der Waals surface area contributed by atoms with Crippen molar-refractivity contribution in [2.75, 3.05) is 5.32 Å². The van der Waals surface area contributed by atoms with Gasteiger partial charge in [-0.15, -0.1) is 6.58 Å². The lowest BCUT2D eigenvalue weighted by Crippen LogP contribution is -2.59. The molecule has 1 aromatic carbocycles. The number of hydrogen-bond acceptors (Lipinski definition) is 5. The Morgan fingerprint density at radius 2 is 1.97 bits per heavy atom. The van der Waals surface area contributed by atoms with Crippen LogP contribution in [-0.4, -0.2) is 44.3 Å². The van der Waals surface area contributed by atoms with E-state index >= 15 is 0 Å². The zero-order chi connectivity index (χ0) is 26.0. The maximum atomic E-state index is 13.9. The summed E-state index contributed by atoms with van der Waals surface area (Å²) in [5.74, 6) is -0.367. The van der Waals surface area contributed by atoms with Crippen molar-refractivity contribution in [2.45, 2.75) is 70.6 Å². The third kappa shape index (κ3) is 3.34. The van der Waals surface area contributed by atoms with E-state index in [1.807, 2.05) is 42.7 Å². The second kappa shape index (κ2) is 7.91. The van der Waals surface area contributed by atoms with Gasteiger partial charge in [-0.3, -0.25) is 14.4 Å². The molecule has 3 aliphatic heterocycles. The van der Waals surface area contributed by atoms with E-state index in [2.05, 4.69) is 42.1 Å². The number of imidazole rings is 1. The lowest BCUT2D eigenvalue weighted by molar-refractivity contribution is -0.141. The molecule has 0 saturated carbocycles. The number of piperazine rings is 1. The van der Waals surface area contributed by atoms with E-state index in [0.717, 1.165) is 11.3 Å². The van der Waals surface area contributed by atoms with E-state index in [4.69, 9.17) is 0 Å². The first-order chi connectivity index (χ1) is 16.9. The van der Waals surface area contributed by atoms with Gasteiger partial charge in [0.25, 0.3) is 5.91 Å². The highest BCUT2D eigenvalue weighted by molar-refractivity contribution is 6.08. The number of aromatic nitrogens is 2. The summed E-state index contributed by atoms with van der Waals surface area (Å²) in [7, 11) is 0. The Morgan fingerprint density at radius 1 is 1.25 bits per heavy atom. The molecule has 8 heteroatoms. The molecular weight excluding hydrogens is 454 g/mol. The molecule has 36 heavy (non-hydrogen) atoms. The normalized spacial score (nSPS) is 26.2. The standard InChI is InChI=1S/C28H33N5O3/c1-7-26(3,4)28-14-22-23(35)30-21(12-18-15-32(16-29-18)27(5,6)13-17(2)34)24(36)33(22)25(28)31-20-11-9-8-10-19(20)28/h7-12,15-16,22,25,31H,1,13-14H2,2-6H3,(H,30,35)/b21-12-/t22-,25+,28-/m1/s1. The molecule has 1 aromatic heterocycles. The Hall–Kier alpha value is -3.68. The quantitative estimate of drug-likeness (QED) is 0.480. The van der Waals surface area contributed by atoms with E-state index in [1.165, 1.54) is 0 Å². The number of Topliss-reactive ketones (excluding diaryl/α,β-unsaturated/α-hetero) is 1. The van der Waals surface area contributed by atoms with Crippen molar-refractivity contribution < 1.29 is 14.4 Å². The molecule has 0 spiro atoms. The fraction of sp³-hybridized carbons (Fsp3) is 0.429. The SMILES string of the molecule is C=CC(C)(C)[C@@]12C[C@@H]3C(=O)N/C(=C\c4cn(C(C)(C)CC(C)=O)cn4)C(=O)N3[C@@H]1Nc1ccccc12. The van der Waals surface area contributed by atoms with Gasteiger partial charge < -0.3 is 20.1 Å². The number of ketones is 1. The van der Waals surface area contributed by atoms with E-state index in [-0.39, 0.29) is 34.9 Å². The number of fused-ring (bicyclic) bond motifs is 5. The van der Waals surface area contributed by atoms with Gasteiger partial charge in [-0.1, -0.05) is 38.1 Å². The van der Waals surface area contributed by atoms with Crippen molar-refractivity contribution in [3.63, 3.8) is 0 Å². The third-order valence-corrected chi connectivity index (χ3v) is 8.26. The maximum Gasteiger partial charge on any atom is 0.272 e. The van der Waals surface area contributed by atoms with Crippen LogP contribution in [-0.2, 0) is 25.3 Å². The van der Waals surface area contributed by atoms with Gasteiger partial charge in [0, 0.05) is 29.3 Å². The first-order valence-electron chi connectivity index (χ1n) is 12.3. The number of rotatable bonds is 6. The molecule has 0 bridgehead atoms. The van der Waals surface area contributed by atoms with Crippen LogP contribution in [0.5, 0.6) is 0 Å². The molecule has 2 fully saturated rings. The fourth-order valence-corrected chi connectivity index (χ4v) is 6.25. The van der Waals surface area contributed by atoms with Crippen LogP contribution < -0.4 is 10.6 Å². The van der Waals surface area contributed by atoms with Crippen molar-refractivity contribution in [1.29, 1.82) is 0 Å². The topological polar surface area (TPSA) is 96.3 Å². The number of amides is 2. The first-order valence-corrected chi connectivity index (χ1v) is 12.3. The number of anilines is 1. The number of allylic oxidation sites excluding steroid dienone is 1. The maximum absolute atomic E-state index is 13.9. The van der Waals surface area contributed by atoms with E-state index in [1.54, 1.807) is 30.4 Å². The number of nitrogens with one attached hydrogen (secondary N) is 2. The Labute approximate surface area is 211 Å². The second-order valence-electron chi connectivity index (χ2n) is 11.4. The van der Waals surface area contributed by atoms with Gasteiger partial charge in [-0.25, -0.2) is 4.98 Å². The van der Waals surface area contributed by atoms with Gasteiger partial charge in [0.2, 0.25) is 5.91 Å². The lowest BCUT2D eigenvalue weighted by Gasteiger charge is -2.43. The van der Waals surface area contributed by atoms with E-state index in [0.29, 0.717) is 18.5 Å². The molecular formula is C28H33N5O3. The number of carbonyl (C=O) groups is 3. The Morgan fingerprint density at radius 3 is 2.67 bits per heavy atom. The fourth-order valence-electron chi connectivity index (χ4n) is 6.25. The highest BCUT2D eigenvalue weighted by atomic mass is 16.2. The van der Waals surface area contributed by atoms with Gasteiger partial charge in [-0.05, 0) is 50.3 Å². The summed E-state index contributed by atoms with van der Waals surface area (Å²) in [4.78, 5) is 45.0. The van der Waals surface area contributed by atoms with Crippen LogP contribution in [0.4, 0.5) is 5.69 Å². The summed E-state index contributed by atoms with van der Waals surface area (Å²) in [6.07, 6.45) is 7.45. The lowest BCUT2D eigenvalue weighted by atomic mass is 9.60. The van der Waals surface area contributed by atoms with Crippen LogP contribution in [0.3, 0.4) is 0 Å². The van der Waals surface area contributed by atoms with Crippen LogP contribution >= 0.6 is 0 Å². The molecule has 3 aliphatic rings. The predicted octanol–water partition coefficient (Wildman–Crippen LogP) is 3.57. The van der Waals surface area contributed by atoms with Gasteiger partial charge in [0.15, 0.2) is 0 Å². The molecule has 2 N–H and O–H groups in total. The van der Waals surface area contributed by atoms with Crippen molar-refractivity contribution in [2.24, 2.45) is 5.41 Å². The van der Waals surface area contributed by atoms with Gasteiger partial charge >= 0.3 is 0 Å². The van der Waals surface area contributed by atoms with Crippen LogP contribution in [0.1, 0.15) is 58.7 Å². The summed E-state index contributed by atoms with van der Waals surface area (Å²) in [5.41, 5.74) is 1.46. The zero-order valence-corrected chi connectivity index (χ0v) is 21.5. The summed E-state index contributed by atoms with van der Waals surface area (Å²) in [6.45, 7) is 13.8. The molecule has 188 valence electrons. The van der Waals surface area contributed by atoms with E-state index < -0.39 is 17.0 Å². The smallest absolute Gasteiger partial charge is 0.272 e. The Kier molecular flexibility index (Phi) is 5.28. The number of carbonyl (C=O) groups excluding carboxylic acids is 3. The minimum Gasteiger partial charge on any atom is -0.364 e. The summed E-state index contributed by atoms with van der Waals surface area (Å²) >= 11 is 0. The van der Waals surface area contributed by atoms with Crippen LogP contribution in [0, 0.1) is 5.41 Å². The summed E-state index contributed by atoms with van der Waals surface area (Å²) in [5, 5.41) is 6.39. The average molecular weight is 488 g/mol. The Bertz CT molecular complexity index is 1320. The summed E-state index contributed by atoms with van der Waals surface area (Å²) in [6, 6.07) is 7.48. The monoisotopic (exact) mass is 487 g/mol. The Balaban J connectivity index is 1.52. The molecule has 0 unspecified atom stereocenters. The molecule has 3 atom stereocenters. The predicted molar refractivity (Wildman–Crippen MR) is 138 cm³/mol. The molecule has 0 aliphatic carbocycles. The second-order valence-corrected chi connectivity index (χ2v) is 11.4. The zero-order valence-electron chi connectivity index (χ0n) is 21.5. The van der Waals surface area contributed by atoms with Crippen LogP contribution in [0.25, 0.3) is 6.08 Å². The minimum absolute atomic E-state index is 0.0828. The molecule has 2 amide bonds. The summed E-state index contributed by atoms with van der Waals surface area (Å²) < 4.78 is 1.86. The largest absolute Gasteiger partial charge is 0.364 e. The average Bonchev–Trinajstić information content (AvgIpc) is 3.49. The molecule has 5 rings (SSSR count). The third-order valence-electron chi connectivity index (χ3n) is 8.26. The van der Waals surface area contributed by atoms with Crippen LogP contribution in [0.2, 0.25) is 0 Å². The molecule has 2 saturated heterocycles. The number of para-hydroxylation sites is 1. The van der Waals surface area contributed by atoms with Crippen molar-refractivity contribution in [3.05, 3.63) is 66.4 Å². The van der Waals surface area contributed by atoms with Gasteiger partial charge in [0.1, 0.15) is 23.7 Å². The number of hydrogen-bond donors (Lipinski definition) is 2. The molecule has 8 nitrogen and oxygen atoms in total. The van der Waals surface area contributed by atoms with Gasteiger partial charge in [0.05, 0.1) is 12.0 Å². The van der Waals surface area contributed by atoms with Crippen molar-refractivity contribution in [1.82, 2.24) is 19.8 Å². The van der Waals surface area contributed by atoms with Crippen LogP contribution in [0.15, 0.2) is 55.1 Å². The first kappa shape index (κ1) is 24.0. The molecule has 4 heterocycles.